The van der Waals surface area contributed by atoms with Gasteiger partial charge in [-0.2, -0.15) is 23.4 Å². The van der Waals surface area contributed by atoms with Crippen LogP contribution in [0.2, 0.25) is 5.02 Å². The first-order valence-corrected chi connectivity index (χ1v) is 10.8. The van der Waals surface area contributed by atoms with Gasteiger partial charge in [-0.25, -0.2) is 4.39 Å². The van der Waals surface area contributed by atoms with Crippen molar-refractivity contribution in [2.75, 3.05) is 5.32 Å². The van der Waals surface area contributed by atoms with Gasteiger partial charge in [0.2, 0.25) is 5.91 Å². The van der Waals surface area contributed by atoms with E-state index < -0.39 is 29.6 Å². The number of anilines is 1. The van der Waals surface area contributed by atoms with Gasteiger partial charge in [0.1, 0.15) is 11.9 Å². The van der Waals surface area contributed by atoms with E-state index in [9.17, 15) is 22.4 Å². The number of rotatable bonds is 6. The molecule has 6 nitrogen and oxygen atoms in total. The monoisotopic (exact) mass is 533 g/mol. The Morgan fingerprint density at radius 3 is 2.69 bits per heavy atom. The fourth-order valence-corrected chi connectivity index (χ4v) is 3.92. The quantitative estimate of drug-likeness (QED) is 0.408. The van der Waals surface area contributed by atoms with Crippen LogP contribution in [0.3, 0.4) is 0 Å². The molecule has 0 saturated heterocycles. The highest BCUT2D eigenvalue weighted by atomic mass is 79.9. The van der Waals surface area contributed by atoms with Gasteiger partial charge in [-0.05, 0) is 53.9 Å². The molecule has 4 rings (SSSR count). The minimum absolute atomic E-state index is 0.0233. The first kappa shape index (κ1) is 22.8. The second kappa shape index (κ2) is 8.51. The average molecular weight is 535 g/mol. The van der Waals surface area contributed by atoms with E-state index in [0.717, 1.165) is 23.6 Å². The van der Waals surface area contributed by atoms with Crippen molar-refractivity contribution >= 4 is 39.3 Å². The molecule has 1 aromatic carbocycles. The molecular formula is C20H17BrClF4N5O. The van der Waals surface area contributed by atoms with Crippen molar-refractivity contribution in [2.45, 2.75) is 44.4 Å². The molecule has 12 heteroatoms. The molecule has 0 bridgehead atoms. The van der Waals surface area contributed by atoms with E-state index in [1.165, 1.54) is 29.9 Å². The summed E-state index contributed by atoms with van der Waals surface area (Å²) in [5.74, 6) is -0.968. The van der Waals surface area contributed by atoms with Crippen LogP contribution in [0.15, 0.2) is 34.9 Å². The molecule has 1 aliphatic carbocycles. The third-order valence-electron chi connectivity index (χ3n) is 5.14. The highest BCUT2D eigenvalue weighted by Gasteiger charge is 2.39. The van der Waals surface area contributed by atoms with Gasteiger partial charge in [-0.3, -0.25) is 14.2 Å². The Labute approximate surface area is 193 Å². The summed E-state index contributed by atoms with van der Waals surface area (Å²) in [5, 5.41) is 10.7. The van der Waals surface area contributed by atoms with Crippen molar-refractivity contribution in [1.82, 2.24) is 19.6 Å². The molecule has 170 valence electrons. The first-order chi connectivity index (χ1) is 15.0. The van der Waals surface area contributed by atoms with E-state index in [4.69, 9.17) is 11.6 Å². The average Bonchev–Trinajstić information content (AvgIpc) is 3.35. The SMILES string of the molecule is CC(C(=O)Nc1nn(Cc2c(F)cccc2Cl)cc1Br)n1nc(C(F)(F)F)cc1C1CC1. The second-order valence-electron chi connectivity index (χ2n) is 7.56. The largest absolute Gasteiger partial charge is 0.435 e. The topological polar surface area (TPSA) is 64.7 Å². The Hall–Kier alpha value is -2.40. The molecule has 1 saturated carbocycles. The Morgan fingerprint density at radius 1 is 1.34 bits per heavy atom. The van der Waals surface area contributed by atoms with Gasteiger partial charge in [0.05, 0.1) is 11.0 Å². The first-order valence-electron chi connectivity index (χ1n) is 9.68. The molecule has 32 heavy (non-hydrogen) atoms. The molecule has 1 unspecified atom stereocenters. The van der Waals surface area contributed by atoms with E-state index in [-0.39, 0.29) is 28.9 Å². The van der Waals surface area contributed by atoms with E-state index in [1.807, 2.05) is 0 Å². The normalized spacial score (nSPS) is 15.1. The Bertz CT molecular complexity index is 1150. The second-order valence-corrected chi connectivity index (χ2v) is 8.82. The van der Waals surface area contributed by atoms with Crippen LogP contribution in [0.1, 0.15) is 48.7 Å². The van der Waals surface area contributed by atoms with Crippen molar-refractivity contribution in [3.8, 4) is 0 Å². The number of carbonyl (C=O) groups excluding carboxylic acids is 1. The van der Waals surface area contributed by atoms with Crippen molar-refractivity contribution in [3.05, 3.63) is 62.7 Å². The molecule has 1 aliphatic rings. The van der Waals surface area contributed by atoms with Gasteiger partial charge >= 0.3 is 6.18 Å². The molecule has 3 aromatic rings. The van der Waals surface area contributed by atoms with Crippen LogP contribution in [0, 0.1) is 5.82 Å². The lowest BCUT2D eigenvalue weighted by Crippen LogP contribution is -2.26. The third kappa shape index (κ3) is 4.68. The summed E-state index contributed by atoms with van der Waals surface area (Å²) in [6.07, 6.45) is -1.55. The van der Waals surface area contributed by atoms with Crippen LogP contribution in [0.25, 0.3) is 0 Å². The lowest BCUT2D eigenvalue weighted by atomic mass is 10.2. The lowest BCUT2D eigenvalue weighted by molar-refractivity contribution is -0.141. The number of benzene rings is 1. The molecule has 1 N–H and O–H groups in total. The third-order valence-corrected chi connectivity index (χ3v) is 6.07. The van der Waals surface area contributed by atoms with Crippen LogP contribution >= 0.6 is 27.5 Å². The highest BCUT2D eigenvalue weighted by Crippen LogP contribution is 2.43. The van der Waals surface area contributed by atoms with E-state index in [2.05, 4.69) is 31.4 Å². The maximum Gasteiger partial charge on any atom is 0.435 e. The standard InChI is InChI=1S/C20H17BrClF4N5O/c1-10(31-16(11-5-6-11)7-17(28-31)20(24,25)26)19(32)27-18-13(21)9-30(29-18)8-12-14(22)3-2-4-15(12)23/h2-4,7,9-11H,5-6,8H2,1H3,(H,27,29,32). The Kier molecular flexibility index (Phi) is 6.06. The fourth-order valence-electron chi connectivity index (χ4n) is 3.28. The van der Waals surface area contributed by atoms with Gasteiger partial charge in [0.25, 0.3) is 0 Å². The fraction of sp³-hybridized carbons (Fsp3) is 0.350. The maximum atomic E-state index is 14.0. The molecule has 0 spiro atoms. The van der Waals surface area contributed by atoms with E-state index in [0.29, 0.717) is 10.2 Å². The Balaban J connectivity index is 1.53. The summed E-state index contributed by atoms with van der Waals surface area (Å²) in [7, 11) is 0. The number of alkyl halides is 3. The summed E-state index contributed by atoms with van der Waals surface area (Å²) >= 11 is 9.33. The van der Waals surface area contributed by atoms with Crippen molar-refractivity contribution < 1.29 is 22.4 Å². The summed E-state index contributed by atoms with van der Waals surface area (Å²) in [4.78, 5) is 12.8. The molecular weight excluding hydrogens is 518 g/mol. The number of nitrogens with zero attached hydrogens (tertiary/aromatic N) is 4. The minimum atomic E-state index is -4.60. The van der Waals surface area contributed by atoms with Crippen molar-refractivity contribution in [2.24, 2.45) is 0 Å². The van der Waals surface area contributed by atoms with Crippen molar-refractivity contribution in [1.29, 1.82) is 0 Å². The zero-order valence-corrected chi connectivity index (χ0v) is 19.0. The van der Waals surface area contributed by atoms with Gasteiger partial charge in [-0.15, -0.1) is 0 Å². The minimum Gasteiger partial charge on any atom is -0.306 e. The number of halogens is 6. The smallest absolute Gasteiger partial charge is 0.306 e. The molecule has 1 amide bonds. The summed E-state index contributed by atoms with van der Waals surface area (Å²) < 4.78 is 56.4. The van der Waals surface area contributed by atoms with Gasteiger partial charge in [0, 0.05) is 28.4 Å². The predicted octanol–water partition coefficient (Wildman–Crippen LogP) is 5.78. The van der Waals surface area contributed by atoms with E-state index in [1.54, 1.807) is 6.07 Å². The maximum absolute atomic E-state index is 14.0. The highest BCUT2D eigenvalue weighted by molar-refractivity contribution is 9.10. The van der Waals surface area contributed by atoms with Gasteiger partial charge in [0.15, 0.2) is 11.5 Å². The van der Waals surface area contributed by atoms with Gasteiger partial charge in [-0.1, -0.05) is 17.7 Å². The molecule has 0 aliphatic heterocycles. The van der Waals surface area contributed by atoms with Crippen LogP contribution in [0.5, 0.6) is 0 Å². The molecule has 1 fully saturated rings. The van der Waals surface area contributed by atoms with Crippen LogP contribution in [0.4, 0.5) is 23.4 Å². The molecule has 1 atom stereocenters. The van der Waals surface area contributed by atoms with Crippen molar-refractivity contribution in [3.63, 3.8) is 0 Å². The van der Waals surface area contributed by atoms with Crippen LogP contribution in [-0.4, -0.2) is 25.5 Å². The predicted molar refractivity (Wildman–Crippen MR) is 113 cm³/mol. The van der Waals surface area contributed by atoms with Gasteiger partial charge < -0.3 is 5.32 Å². The van der Waals surface area contributed by atoms with Crippen LogP contribution < -0.4 is 5.32 Å². The number of amides is 1. The van der Waals surface area contributed by atoms with E-state index >= 15 is 0 Å². The summed E-state index contributed by atoms with van der Waals surface area (Å²) in [6.45, 7) is 1.49. The zero-order valence-electron chi connectivity index (χ0n) is 16.6. The lowest BCUT2D eigenvalue weighted by Gasteiger charge is -2.15. The molecule has 2 heterocycles. The molecule has 0 radical (unpaired) electrons. The number of nitrogens with one attached hydrogen (secondary N) is 1. The summed E-state index contributed by atoms with van der Waals surface area (Å²) in [6, 6.07) is 4.33. The van der Waals surface area contributed by atoms with Crippen LogP contribution in [-0.2, 0) is 17.5 Å². The number of aromatic nitrogens is 4. The molecule has 2 aromatic heterocycles. The summed E-state index contributed by atoms with van der Waals surface area (Å²) in [5.41, 5.74) is -0.397. The zero-order chi connectivity index (χ0) is 23.2. The number of carbonyl (C=O) groups is 1. The number of hydrogen-bond donors (Lipinski definition) is 1. The Morgan fingerprint density at radius 2 is 2.06 bits per heavy atom. The number of hydrogen-bond acceptors (Lipinski definition) is 3.